The number of amides is 2. The lowest BCUT2D eigenvalue weighted by Crippen LogP contribution is -2.39. The predicted molar refractivity (Wildman–Crippen MR) is 109 cm³/mol. The Bertz CT molecular complexity index is 844. The molecule has 0 heterocycles. The normalized spacial score (nSPS) is 10.5. The van der Waals surface area contributed by atoms with E-state index in [9.17, 15) is 14.0 Å². The highest BCUT2D eigenvalue weighted by Gasteiger charge is 2.11. The van der Waals surface area contributed by atoms with Crippen molar-refractivity contribution in [3.8, 4) is 11.5 Å². The molecule has 156 valence electrons. The summed E-state index contributed by atoms with van der Waals surface area (Å²) in [7, 11) is 4.81. The summed E-state index contributed by atoms with van der Waals surface area (Å²) in [5, 5.41) is 5.42. The first kappa shape index (κ1) is 22.2. The minimum Gasteiger partial charge on any atom is -0.493 e. The molecule has 0 aliphatic rings. The maximum absolute atomic E-state index is 13.1. The van der Waals surface area contributed by atoms with E-state index in [1.807, 2.05) is 18.2 Å². The van der Waals surface area contributed by atoms with Crippen LogP contribution < -0.4 is 20.1 Å². The summed E-state index contributed by atoms with van der Waals surface area (Å²) in [6.07, 6.45) is 0.635. The molecule has 2 aromatic rings. The minimum absolute atomic E-state index is 0.0135. The fourth-order valence-corrected chi connectivity index (χ4v) is 2.75. The Balaban J connectivity index is 1.72. The van der Waals surface area contributed by atoms with Crippen molar-refractivity contribution in [1.29, 1.82) is 0 Å². The smallest absolute Gasteiger partial charge is 0.238 e. The highest BCUT2D eigenvalue weighted by molar-refractivity contribution is 5.92. The van der Waals surface area contributed by atoms with E-state index < -0.39 is 5.82 Å². The number of anilines is 1. The molecule has 0 unspecified atom stereocenters. The number of nitrogens with zero attached hydrogens (tertiary/aromatic N) is 1. The Hall–Kier alpha value is -3.13. The van der Waals surface area contributed by atoms with Crippen molar-refractivity contribution in [3.63, 3.8) is 0 Å². The molecule has 0 radical (unpaired) electrons. The van der Waals surface area contributed by atoms with Crippen LogP contribution in [-0.2, 0) is 16.0 Å². The number of ether oxygens (including phenoxy) is 2. The van der Waals surface area contributed by atoms with Gasteiger partial charge in [-0.3, -0.25) is 14.5 Å². The largest absolute Gasteiger partial charge is 0.493 e. The van der Waals surface area contributed by atoms with Gasteiger partial charge in [0.2, 0.25) is 11.8 Å². The van der Waals surface area contributed by atoms with Crippen LogP contribution in [0.3, 0.4) is 0 Å². The molecule has 7 nitrogen and oxygen atoms in total. The zero-order valence-corrected chi connectivity index (χ0v) is 16.8. The first-order valence-corrected chi connectivity index (χ1v) is 9.13. The summed E-state index contributed by atoms with van der Waals surface area (Å²) in [6, 6.07) is 11.3. The van der Waals surface area contributed by atoms with Gasteiger partial charge in [-0.15, -0.1) is 0 Å². The third kappa shape index (κ3) is 7.42. The number of carbonyl (C=O) groups excluding carboxylic acids is 2. The number of methoxy groups -OCH3 is 2. The molecular formula is C21H26FN3O4. The van der Waals surface area contributed by atoms with E-state index in [4.69, 9.17) is 9.47 Å². The number of hydrogen-bond acceptors (Lipinski definition) is 5. The molecule has 0 saturated heterocycles. The second kappa shape index (κ2) is 11.0. The molecule has 0 aliphatic heterocycles. The van der Waals surface area contributed by atoms with Crippen LogP contribution >= 0.6 is 0 Å². The first-order chi connectivity index (χ1) is 13.9. The van der Waals surface area contributed by atoms with E-state index >= 15 is 0 Å². The van der Waals surface area contributed by atoms with Gasteiger partial charge in [0.05, 0.1) is 27.3 Å². The van der Waals surface area contributed by atoms with E-state index in [1.165, 1.54) is 18.2 Å². The molecule has 0 bridgehead atoms. The van der Waals surface area contributed by atoms with Crippen LogP contribution in [0.15, 0.2) is 42.5 Å². The molecule has 2 N–H and O–H groups in total. The lowest BCUT2D eigenvalue weighted by molar-refractivity contribution is -0.122. The van der Waals surface area contributed by atoms with Crippen LogP contribution in [0.25, 0.3) is 0 Å². The molecule has 2 rings (SSSR count). The average Bonchev–Trinajstić information content (AvgIpc) is 2.67. The number of rotatable bonds is 10. The van der Waals surface area contributed by atoms with Crippen LogP contribution in [0.1, 0.15) is 5.56 Å². The van der Waals surface area contributed by atoms with Crippen LogP contribution in [0.4, 0.5) is 10.1 Å². The maximum Gasteiger partial charge on any atom is 0.238 e. The van der Waals surface area contributed by atoms with Gasteiger partial charge in [0.25, 0.3) is 0 Å². The minimum atomic E-state index is -0.426. The standard InChI is InChI=1S/C21H26FN3O4/c1-25(14-21(27)24-17-6-4-5-16(22)12-17)13-20(26)23-10-9-15-7-8-18(28-2)19(11-15)29-3/h4-8,11-12H,9-10,13-14H2,1-3H3,(H,23,26)(H,24,27). The topological polar surface area (TPSA) is 79.9 Å². The number of nitrogens with one attached hydrogen (secondary N) is 2. The van der Waals surface area contributed by atoms with Crippen molar-refractivity contribution in [2.45, 2.75) is 6.42 Å². The summed E-state index contributed by atoms with van der Waals surface area (Å²) >= 11 is 0. The average molecular weight is 403 g/mol. The molecule has 29 heavy (non-hydrogen) atoms. The van der Waals surface area contributed by atoms with Gasteiger partial charge in [-0.25, -0.2) is 4.39 Å². The number of halogens is 1. The lowest BCUT2D eigenvalue weighted by atomic mass is 10.1. The van der Waals surface area contributed by atoms with Crippen LogP contribution in [0.2, 0.25) is 0 Å². The summed E-state index contributed by atoms with van der Waals surface area (Å²) in [5.74, 6) is 0.353. The monoisotopic (exact) mass is 403 g/mol. The fourth-order valence-electron chi connectivity index (χ4n) is 2.75. The van der Waals surface area contributed by atoms with Gasteiger partial charge < -0.3 is 20.1 Å². The SMILES string of the molecule is COc1ccc(CCNC(=O)CN(C)CC(=O)Nc2cccc(F)c2)cc1OC. The molecule has 0 atom stereocenters. The third-order valence-electron chi connectivity index (χ3n) is 4.12. The van der Waals surface area contributed by atoms with Crippen molar-refractivity contribution in [1.82, 2.24) is 10.2 Å². The number of carbonyl (C=O) groups is 2. The Morgan fingerprint density at radius 3 is 2.41 bits per heavy atom. The van der Waals surface area contributed by atoms with Crippen LogP contribution in [0, 0.1) is 5.82 Å². The quantitative estimate of drug-likeness (QED) is 0.635. The van der Waals surface area contributed by atoms with Crippen LogP contribution in [-0.4, -0.2) is 57.6 Å². The molecule has 0 saturated carbocycles. The van der Waals surface area contributed by atoms with E-state index in [0.29, 0.717) is 30.2 Å². The van der Waals surface area contributed by atoms with Crippen LogP contribution in [0.5, 0.6) is 11.5 Å². The van der Waals surface area contributed by atoms with Crippen molar-refractivity contribution >= 4 is 17.5 Å². The van der Waals surface area contributed by atoms with Crippen molar-refractivity contribution < 1.29 is 23.5 Å². The highest BCUT2D eigenvalue weighted by Crippen LogP contribution is 2.27. The molecule has 0 fully saturated rings. The Morgan fingerprint density at radius 1 is 1.00 bits per heavy atom. The van der Waals surface area contributed by atoms with E-state index in [-0.39, 0.29) is 24.9 Å². The van der Waals surface area contributed by atoms with E-state index in [0.717, 1.165) is 5.56 Å². The Morgan fingerprint density at radius 2 is 1.72 bits per heavy atom. The van der Waals surface area contributed by atoms with Crippen molar-refractivity contribution in [2.75, 3.05) is 46.2 Å². The van der Waals surface area contributed by atoms with Gasteiger partial charge in [-0.05, 0) is 49.4 Å². The molecule has 0 spiro atoms. The molecule has 8 heteroatoms. The van der Waals surface area contributed by atoms with Gasteiger partial charge in [0.15, 0.2) is 11.5 Å². The van der Waals surface area contributed by atoms with Gasteiger partial charge >= 0.3 is 0 Å². The zero-order valence-electron chi connectivity index (χ0n) is 16.8. The lowest BCUT2D eigenvalue weighted by Gasteiger charge is -2.16. The molecule has 0 aliphatic carbocycles. The maximum atomic E-state index is 13.1. The molecular weight excluding hydrogens is 377 g/mol. The summed E-state index contributed by atoms with van der Waals surface area (Å²) in [4.78, 5) is 25.7. The molecule has 0 aromatic heterocycles. The first-order valence-electron chi connectivity index (χ1n) is 9.13. The van der Waals surface area contributed by atoms with E-state index in [2.05, 4.69) is 10.6 Å². The van der Waals surface area contributed by atoms with Crippen molar-refractivity contribution in [2.24, 2.45) is 0 Å². The second-order valence-corrected chi connectivity index (χ2v) is 6.52. The molecule has 2 aromatic carbocycles. The Labute approximate surface area is 169 Å². The van der Waals surface area contributed by atoms with Crippen molar-refractivity contribution in [3.05, 3.63) is 53.8 Å². The van der Waals surface area contributed by atoms with Gasteiger partial charge in [0, 0.05) is 12.2 Å². The number of benzene rings is 2. The van der Waals surface area contributed by atoms with Gasteiger partial charge in [0.1, 0.15) is 5.82 Å². The van der Waals surface area contributed by atoms with Gasteiger partial charge in [-0.1, -0.05) is 12.1 Å². The third-order valence-corrected chi connectivity index (χ3v) is 4.12. The van der Waals surface area contributed by atoms with E-state index in [1.54, 1.807) is 32.2 Å². The number of hydrogen-bond donors (Lipinski definition) is 2. The Kier molecular flexibility index (Phi) is 8.42. The highest BCUT2D eigenvalue weighted by atomic mass is 19.1. The number of likely N-dealkylation sites (N-methyl/N-ethyl adjacent to an activating group) is 1. The summed E-state index contributed by atoms with van der Waals surface area (Å²) in [6.45, 7) is 0.541. The fraction of sp³-hybridized carbons (Fsp3) is 0.333. The second-order valence-electron chi connectivity index (χ2n) is 6.52. The predicted octanol–water partition coefficient (Wildman–Crippen LogP) is 2.07. The summed E-state index contributed by atoms with van der Waals surface area (Å²) < 4.78 is 23.6. The zero-order chi connectivity index (χ0) is 21.2. The molecule has 2 amide bonds. The summed E-state index contributed by atoms with van der Waals surface area (Å²) in [5.41, 5.74) is 1.38. The van der Waals surface area contributed by atoms with Gasteiger partial charge in [-0.2, -0.15) is 0 Å².